The molecule has 27 heavy (non-hydrogen) atoms. The summed E-state index contributed by atoms with van der Waals surface area (Å²) >= 11 is 3.42. The van der Waals surface area contributed by atoms with Crippen molar-refractivity contribution in [1.29, 1.82) is 10.5 Å². The SMILES string of the molecule is CCN(C[C@@H](C)C#N)C(=O)CN1CCN([C@@H](C#N)c2ccc(Br)cc2)CC1. The molecule has 7 heteroatoms. The highest BCUT2D eigenvalue weighted by Gasteiger charge is 2.26. The number of hydrogen-bond acceptors (Lipinski definition) is 5. The molecule has 0 bridgehead atoms. The van der Waals surface area contributed by atoms with Crippen molar-refractivity contribution in [2.75, 3.05) is 45.8 Å². The van der Waals surface area contributed by atoms with E-state index in [2.05, 4.69) is 37.9 Å². The van der Waals surface area contributed by atoms with Crippen LogP contribution in [0.3, 0.4) is 0 Å². The zero-order valence-electron chi connectivity index (χ0n) is 15.9. The summed E-state index contributed by atoms with van der Waals surface area (Å²) < 4.78 is 0.998. The van der Waals surface area contributed by atoms with Crippen LogP contribution in [-0.2, 0) is 4.79 Å². The molecule has 0 aromatic heterocycles. The van der Waals surface area contributed by atoms with E-state index in [0.717, 1.165) is 36.2 Å². The number of benzene rings is 1. The van der Waals surface area contributed by atoms with Gasteiger partial charge in [0.05, 0.1) is 24.6 Å². The second-order valence-electron chi connectivity index (χ2n) is 6.86. The molecule has 0 radical (unpaired) electrons. The summed E-state index contributed by atoms with van der Waals surface area (Å²) in [4.78, 5) is 18.6. The largest absolute Gasteiger partial charge is 0.341 e. The fourth-order valence-corrected chi connectivity index (χ4v) is 3.53. The molecular weight excluding hydrogens is 406 g/mol. The Hall–Kier alpha value is -1.93. The Morgan fingerprint density at radius 1 is 1.19 bits per heavy atom. The van der Waals surface area contributed by atoms with E-state index in [-0.39, 0.29) is 17.9 Å². The molecule has 6 nitrogen and oxygen atoms in total. The number of rotatable bonds is 7. The number of nitriles is 2. The average molecular weight is 432 g/mol. The maximum atomic E-state index is 12.5. The maximum absolute atomic E-state index is 12.5. The van der Waals surface area contributed by atoms with E-state index in [1.807, 2.05) is 38.1 Å². The van der Waals surface area contributed by atoms with Crippen molar-refractivity contribution in [2.45, 2.75) is 19.9 Å². The lowest BCUT2D eigenvalue weighted by Gasteiger charge is -2.37. The number of carbonyl (C=O) groups is 1. The topological polar surface area (TPSA) is 74.4 Å². The van der Waals surface area contributed by atoms with Crippen LogP contribution in [0.5, 0.6) is 0 Å². The third-order valence-corrected chi connectivity index (χ3v) is 5.42. The van der Waals surface area contributed by atoms with Gasteiger partial charge >= 0.3 is 0 Å². The monoisotopic (exact) mass is 431 g/mol. The van der Waals surface area contributed by atoms with Crippen LogP contribution < -0.4 is 0 Å². The summed E-state index contributed by atoms with van der Waals surface area (Å²) in [6, 6.07) is 12.2. The number of likely N-dealkylation sites (N-methyl/N-ethyl adjacent to an activating group) is 1. The second-order valence-corrected chi connectivity index (χ2v) is 7.77. The molecule has 1 aromatic carbocycles. The molecule has 2 atom stereocenters. The molecule has 0 unspecified atom stereocenters. The summed E-state index contributed by atoms with van der Waals surface area (Å²) in [7, 11) is 0. The molecule has 0 N–H and O–H groups in total. The predicted octanol–water partition coefficient (Wildman–Crippen LogP) is 2.64. The minimum atomic E-state index is -0.264. The number of nitrogens with zero attached hydrogens (tertiary/aromatic N) is 5. The van der Waals surface area contributed by atoms with Gasteiger partial charge in [-0.25, -0.2) is 0 Å². The molecule has 2 rings (SSSR count). The van der Waals surface area contributed by atoms with Crippen molar-refractivity contribution >= 4 is 21.8 Å². The van der Waals surface area contributed by atoms with E-state index < -0.39 is 0 Å². The molecule has 1 heterocycles. The van der Waals surface area contributed by atoms with Gasteiger partial charge in [-0.05, 0) is 31.5 Å². The molecule has 1 amide bonds. The van der Waals surface area contributed by atoms with E-state index in [0.29, 0.717) is 19.6 Å². The normalized spacial score (nSPS) is 17.5. The lowest BCUT2D eigenvalue weighted by atomic mass is 10.1. The van der Waals surface area contributed by atoms with Gasteiger partial charge in [0.2, 0.25) is 5.91 Å². The molecule has 1 fully saturated rings. The second kappa shape index (κ2) is 10.4. The van der Waals surface area contributed by atoms with Crippen LogP contribution in [0.15, 0.2) is 28.7 Å². The van der Waals surface area contributed by atoms with Gasteiger partial charge in [-0.15, -0.1) is 0 Å². The van der Waals surface area contributed by atoms with E-state index in [1.165, 1.54) is 0 Å². The molecule has 1 aliphatic rings. The summed E-state index contributed by atoms with van der Waals surface area (Å²) in [5.74, 6) is -0.0918. The first-order chi connectivity index (χ1) is 13.0. The maximum Gasteiger partial charge on any atom is 0.236 e. The van der Waals surface area contributed by atoms with E-state index in [9.17, 15) is 10.1 Å². The first kappa shape index (κ1) is 21.4. The molecule has 144 valence electrons. The van der Waals surface area contributed by atoms with Crippen LogP contribution in [-0.4, -0.2) is 66.4 Å². The number of piperazine rings is 1. The Kier molecular flexibility index (Phi) is 8.24. The van der Waals surface area contributed by atoms with Gasteiger partial charge in [-0.1, -0.05) is 28.1 Å². The van der Waals surface area contributed by atoms with Gasteiger partial charge in [-0.2, -0.15) is 10.5 Å². The van der Waals surface area contributed by atoms with Crippen LogP contribution in [0.1, 0.15) is 25.5 Å². The van der Waals surface area contributed by atoms with Gasteiger partial charge in [0.15, 0.2) is 0 Å². The standard InChI is InChI=1S/C20H26BrN5O/c1-3-25(14-16(2)12-22)20(27)15-24-8-10-26(11-9-24)19(13-23)17-4-6-18(21)7-5-17/h4-7,16,19H,3,8-11,14-15H2,1-2H3/t16-,19-/m0/s1. The summed E-state index contributed by atoms with van der Waals surface area (Å²) in [6.45, 7) is 8.25. The third-order valence-electron chi connectivity index (χ3n) is 4.89. The summed E-state index contributed by atoms with van der Waals surface area (Å²) in [6.07, 6.45) is 0. The Morgan fingerprint density at radius 3 is 2.33 bits per heavy atom. The van der Waals surface area contributed by atoms with Crippen molar-refractivity contribution in [3.63, 3.8) is 0 Å². The van der Waals surface area contributed by atoms with Crippen molar-refractivity contribution in [2.24, 2.45) is 5.92 Å². The van der Waals surface area contributed by atoms with Crippen molar-refractivity contribution in [1.82, 2.24) is 14.7 Å². The number of hydrogen-bond donors (Lipinski definition) is 0. The summed E-state index contributed by atoms with van der Waals surface area (Å²) in [5, 5.41) is 18.6. The number of carbonyl (C=O) groups excluding carboxylic acids is 1. The van der Waals surface area contributed by atoms with Gasteiger partial charge < -0.3 is 4.90 Å². The number of halogens is 1. The third kappa shape index (κ3) is 6.04. The smallest absolute Gasteiger partial charge is 0.236 e. The van der Waals surface area contributed by atoms with E-state index in [4.69, 9.17) is 5.26 Å². The zero-order chi connectivity index (χ0) is 19.8. The predicted molar refractivity (Wildman–Crippen MR) is 108 cm³/mol. The quantitative estimate of drug-likeness (QED) is 0.663. The van der Waals surface area contributed by atoms with Gasteiger partial charge in [0.1, 0.15) is 6.04 Å². The van der Waals surface area contributed by atoms with E-state index >= 15 is 0 Å². The minimum Gasteiger partial charge on any atom is -0.341 e. The van der Waals surface area contributed by atoms with Gasteiger partial charge in [0, 0.05) is 43.7 Å². The van der Waals surface area contributed by atoms with Crippen molar-refractivity contribution in [3.05, 3.63) is 34.3 Å². The Labute approximate surface area is 170 Å². The lowest BCUT2D eigenvalue weighted by Crippen LogP contribution is -2.51. The highest BCUT2D eigenvalue weighted by atomic mass is 79.9. The molecular formula is C20H26BrN5O. The fourth-order valence-electron chi connectivity index (χ4n) is 3.26. The highest BCUT2D eigenvalue weighted by Crippen LogP contribution is 2.23. The molecule has 0 spiro atoms. The van der Waals surface area contributed by atoms with Gasteiger partial charge in [-0.3, -0.25) is 14.6 Å². The lowest BCUT2D eigenvalue weighted by molar-refractivity contribution is -0.133. The summed E-state index contributed by atoms with van der Waals surface area (Å²) in [5.41, 5.74) is 0.993. The Balaban J connectivity index is 1.89. The van der Waals surface area contributed by atoms with Crippen molar-refractivity contribution in [3.8, 4) is 12.1 Å². The molecule has 1 aromatic rings. The highest BCUT2D eigenvalue weighted by molar-refractivity contribution is 9.10. The molecule has 1 aliphatic heterocycles. The fraction of sp³-hybridized carbons (Fsp3) is 0.550. The number of amides is 1. The average Bonchev–Trinajstić information content (AvgIpc) is 2.69. The van der Waals surface area contributed by atoms with Crippen LogP contribution in [0.4, 0.5) is 0 Å². The van der Waals surface area contributed by atoms with Crippen LogP contribution in [0, 0.1) is 28.6 Å². The first-order valence-electron chi connectivity index (χ1n) is 9.27. The van der Waals surface area contributed by atoms with Crippen LogP contribution in [0.25, 0.3) is 0 Å². The Morgan fingerprint density at radius 2 is 1.81 bits per heavy atom. The molecule has 0 saturated carbocycles. The Bertz CT molecular complexity index is 701. The van der Waals surface area contributed by atoms with Gasteiger partial charge in [0.25, 0.3) is 0 Å². The molecule has 1 saturated heterocycles. The minimum absolute atomic E-state index is 0.0674. The van der Waals surface area contributed by atoms with Crippen LogP contribution >= 0.6 is 15.9 Å². The first-order valence-corrected chi connectivity index (χ1v) is 10.1. The molecule has 0 aliphatic carbocycles. The van der Waals surface area contributed by atoms with Crippen LogP contribution in [0.2, 0.25) is 0 Å². The zero-order valence-corrected chi connectivity index (χ0v) is 17.5. The van der Waals surface area contributed by atoms with Crippen molar-refractivity contribution < 1.29 is 4.79 Å². The van der Waals surface area contributed by atoms with E-state index in [1.54, 1.807) is 4.90 Å².